The predicted molar refractivity (Wildman–Crippen MR) is 233 cm³/mol. The molecule has 0 radical (unpaired) electrons. The number of hydrogen-bond acceptors (Lipinski definition) is 9. The van der Waals surface area contributed by atoms with E-state index in [2.05, 4.69) is 16.3 Å². The second-order valence-corrected chi connectivity index (χ2v) is 17.0. The van der Waals surface area contributed by atoms with Crippen molar-refractivity contribution in [3.8, 4) is 22.6 Å². The molecule has 1 saturated heterocycles. The average Bonchev–Trinajstić information content (AvgIpc) is 3.90. The number of piperidine rings is 1. The highest BCUT2D eigenvalue weighted by molar-refractivity contribution is 5.94. The Bertz CT molecular complexity index is 2240. The van der Waals surface area contributed by atoms with Crippen molar-refractivity contribution < 1.29 is 42.7 Å². The highest BCUT2D eigenvalue weighted by atomic mass is 16.6. The van der Waals surface area contributed by atoms with Crippen LogP contribution >= 0.6 is 0 Å². The lowest BCUT2D eigenvalue weighted by Crippen LogP contribution is -2.60. The van der Waals surface area contributed by atoms with E-state index in [-0.39, 0.29) is 46.6 Å². The summed E-state index contributed by atoms with van der Waals surface area (Å²) in [6.45, 7) is 16.1. The van der Waals surface area contributed by atoms with Crippen LogP contribution in [0, 0.1) is 0 Å². The summed E-state index contributed by atoms with van der Waals surface area (Å²) in [4.78, 5) is 65.8. The van der Waals surface area contributed by atoms with Crippen LogP contribution in [0.3, 0.4) is 0 Å². The van der Waals surface area contributed by atoms with E-state index in [1.165, 1.54) is 36.0 Å². The molecule has 326 valence electrons. The molecule has 3 aliphatic rings. The van der Waals surface area contributed by atoms with Crippen molar-refractivity contribution in [3.05, 3.63) is 83.3 Å². The number of amides is 4. The molecule has 14 heteroatoms. The van der Waals surface area contributed by atoms with Crippen LogP contribution in [0.2, 0.25) is 0 Å². The normalized spacial score (nSPS) is 22.3. The lowest BCUT2D eigenvalue weighted by molar-refractivity contribution is -0.129. The first kappa shape index (κ1) is 44.8. The molecule has 7 rings (SSSR count). The van der Waals surface area contributed by atoms with Crippen LogP contribution in [0.1, 0.15) is 120 Å². The summed E-state index contributed by atoms with van der Waals surface area (Å²) in [5.41, 5.74) is 6.57. The molecule has 14 nitrogen and oxygen atoms in total. The van der Waals surface area contributed by atoms with Crippen molar-refractivity contribution in [3.63, 3.8) is 0 Å². The summed E-state index contributed by atoms with van der Waals surface area (Å²) < 4.78 is 16.8. The largest absolute Gasteiger partial charge is 0.465 e. The fourth-order valence-electron chi connectivity index (χ4n) is 9.13. The minimum absolute atomic E-state index is 0.000404. The third-order valence-corrected chi connectivity index (χ3v) is 12.4. The van der Waals surface area contributed by atoms with Gasteiger partial charge < -0.3 is 33.8 Å². The summed E-state index contributed by atoms with van der Waals surface area (Å²) in [5, 5.41) is 12.7. The van der Waals surface area contributed by atoms with Gasteiger partial charge in [-0.05, 0) is 115 Å². The van der Waals surface area contributed by atoms with E-state index in [4.69, 9.17) is 13.6 Å². The van der Waals surface area contributed by atoms with Gasteiger partial charge in [0.15, 0.2) is 6.29 Å². The SMILES string of the molecule is CC(=O)N1c2ccc(-c3cc(CN4CCCCC4)co3)cc2[C@@H](NC(=O)OC(C)C)C[C@H]1C.CCN(C(=O)O)C1C[C@H](C)[N@+](C)(C(C)=O)c2ccc(-c3cc(C=O)co3)cc21. The number of nitrogens with one attached hydrogen (secondary N) is 1. The van der Waals surface area contributed by atoms with Gasteiger partial charge in [0.2, 0.25) is 5.91 Å². The number of ether oxygens (including phenoxy) is 1. The maximum atomic E-state index is 12.6. The van der Waals surface area contributed by atoms with Gasteiger partial charge in [0.05, 0.1) is 50.0 Å². The number of furan rings is 2. The van der Waals surface area contributed by atoms with Gasteiger partial charge in [-0.1, -0.05) is 6.42 Å². The first-order valence-corrected chi connectivity index (χ1v) is 21.3. The molecule has 2 aromatic carbocycles. The highest BCUT2D eigenvalue weighted by Gasteiger charge is 2.48. The van der Waals surface area contributed by atoms with Crippen molar-refractivity contribution in [2.45, 2.75) is 117 Å². The van der Waals surface area contributed by atoms with E-state index in [0.717, 1.165) is 59.0 Å². The van der Waals surface area contributed by atoms with Gasteiger partial charge in [-0.25, -0.2) is 18.9 Å². The second kappa shape index (κ2) is 18.9. The Balaban J connectivity index is 0.000000207. The molecule has 2 aromatic heterocycles. The third kappa shape index (κ3) is 9.60. The van der Waals surface area contributed by atoms with Crippen LogP contribution in [-0.4, -0.2) is 90.1 Å². The Labute approximate surface area is 358 Å². The van der Waals surface area contributed by atoms with Crippen LogP contribution < -0.4 is 14.7 Å². The van der Waals surface area contributed by atoms with E-state index in [1.54, 1.807) is 31.7 Å². The maximum Gasteiger partial charge on any atom is 0.407 e. The lowest BCUT2D eigenvalue weighted by Gasteiger charge is -2.45. The summed E-state index contributed by atoms with van der Waals surface area (Å²) in [5.74, 6) is 1.31. The topological polar surface area (TPSA) is 163 Å². The molecule has 1 fully saturated rings. The van der Waals surface area contributed by atoms with Crippen molar-refractivity contribution in [2.24, 2.45) is 0 Å². The van der Waals surface area contributed by atoms with Crippen LogP contribution in [0.15, 0.2) is 69.9 Å². The second-order valence-electron chi connectivity index (χ2n) is 17.0. The van der Waals surface area contributed by atoms with E-state index in [1.807, 2.05) is 77.4 Å². The van der Waals surface area contributed by atoms with Crippen LogP contribution in [0.25, 0.3) is 22.6 Å². The zero-order valence-electron chi connectivity index (χ0n) is 36.6. The smallest absolute Gasteiger partial charge is 0.407 e. The molecule has 3 aliphatic heterocycles. The van der Waals surface area contributed by atoms with Crippen molar-refractivity contribution in [1.82, 2.24) is 19.6 Å². The van der Waals surface area contributed by atoms with E-state index < -0.39 is 12.2 Å². The number of carbonyl (C=O) groups is 5. The highest BCUT2D eigenvalue weighted by Crippen LogP contribution is 2.46. The Morgan fingerprint density at radius 3 is 2.20 bits per heavy atom. The standard InChI is InChI=1S/C26H35N3O4.C21H24N2O5/c1-17(2)33-26(31)27-23-12-18(3)29(19(4)30)24-9-8-21(14-22(23)24)25-13-20(16-32-25)15-28-10-6-5-7-11-28;1-5-22(21(26)27)18-8-13(2)23(4,14(3)25)19-7-6-16(10-17(18)19)20-9-15(11-24)12-28-20/h8-9,13-14,16-18,23H,5-7,10-12,15H2,1-4H3,(H,27,31);6-7,9-13,18H,5,8H2,1-4H3/p+1/t18-,23+;13-,18?,23+/m10/s1. The Kier molecular flexibility index (Phi) is 13.9. The summed E-state index contributed by atoms with van der Waals surface area (Å²) >= 11 is 0. The van der Waals surface area contributed by atoms with Gasteiger partial charge in [0.1, 0.15) is 23.5 Å². The molecule has 0 bridgehead atoms. The molecule has 5 heterocycles. The molecular formula is C47H60N5O9+. The number of alkyl carbamates (subject to hydrolysis) is 1. The fraction of sp³-hybridized carbons (Fsp3) is 0.468. The first-order valence-electron chi connectivity index (χ1n) is 21.3. The summed E-state index contributed by atoms with van der Waals surface area (Å²) in [6, 6.07) is 14.6. The molecule has 5 atom stereocenters. The molecule has 4 amide bonds. The molecule has 0 aliphatic carbocycles. The Hall–Kier alpha value is -5.73. The molecule has 0 spiro atoms. The molecule has 4 aromatic rings. The number of rotatable bonds is 9. The Morgan fingerprint density at radius 2 is 1.59 bits per heavy atom. The maximum absolute atomic E-state index is 12.6. The third-order valence-electron chi connectivity index (χ3n) is 12.4. The van der Waals surface area contributed by atoms with Crippen molar-refractivity contribution >= 4 is 41.7 Å². The zero-order valence-corrected chi connectivity index (χ0v) is 36.6. The molecule has 2 N–H and O–H groups in total. The van der Waals surface area contributed by atoms with Crippen LogP contribution in [-0.2, 0) is 20.9 Å². The van der Waals surface area contributed by atoms with Gasteiger partial charge >= 0.3 is 18.1 Å². The molecule has 0 saturated carbocycles. The minimum atomic E-state index is -0.990. The van der Waals surface area contributed by atoms with Crippen LogP contribution in [0.4, 0.5) is 21.0 Å². The number of fused-ring (bicyclic) bond motifs is 2. The number of hydrogen-bond donors (Lipinski definition) is 2. The monoisotopic (exact) mass is 838 g/mol. The van der Waals surface area contributed by atoms with Gasteiger partial charge in [0.25, 0.3) is 0 Å². The minimum Gasteiger partial charge on any atom is -0.465 e. The lowest BCUT2D eigenvalue weighted by atomic mass is 9.87. The van der Waals surface area contributed by atoms with Gasteiger partial charge in [-0.15, -0.1) is 0 Å². The summed E-state index contributed by atoms with van der Waals surface area (Å²) in [6.07, 6.45) is 7.27. The van der Waals surface area contributed by atoms with Crippen molar-refractivity contribution in [2.75, 3.05) is 31.6 Å². The number of nitrogens with zero attached hydrogens (tertiary/aromatic N) is 4. The molecule has 1 unspecified atom stereocenters. The number of carbonyl (C=O) groups excluding carboxylic acids is 4. The van der Waals surface area contributed by atoms with E-state index in [0.29, 0.717) is 37.0 Å². The zero-order chi connectivity index (χ0) is 44.2. The number of quaternary nitrogens is 1. The quantitative estimate of drug-likeness (QED) is 0.123. The van der Waals surface area contributed by atoms with Gasteiger partial charge in [0, 0.05) is 66.5 Å². The van der Waals surface area contributed by atoms with E-state index in [9.17, 15) is 29.1 Å². The number of benzene rings is 2. The van der Waals surface area contributed by atoms with Crippen LogP contribution in [0.5, 0.6) is 0 Å². The first-order chi connectivity index (χ1) is 29.0. The Morgan fingerprint density at radius 1 is 0.934 bits per heavy atom. The summed E-state index contributed by atoms with van der Waals surface area (Å²) in [7, 11) is 1.87. The number of carboxylic acid groups (broad SMARTS) is 1. The number of aldehydes is 1. The van der Waals surface area contributed by atoms with Gasteiger partial charge in [-0.2, -0.15) is 0 Å². The number of likely N-dealkylation sites (tertiary alicyclic amines) is 1. The van der Waals surface area contributed by atoms with Crippen molar-refractivity contribution in [1.29, 1.82) is 0 Å². The van der Waals surface area contributed by atoms with E-state index >= 15 is 0 Å². The fourth-order valence-corrected chi connectivity index (χ4v) is 9.13. The van der Waals surface area contributed by atoms with Gasteiger partial charge in [-0.3, -0.25) is 14.5 Å². The number of anilines is 1. The molecule has 61 heavy (non-hydrogen) atoms. The predicted octanol–water partition coefficient (Wildman–Crippen LogP) is 9.33. The average molecular weight is 839 g/mol. The molecular weight excluding hydrogens is 779 g/mol.